The maximum absolute atomic E-state index is 11.4. The minimum absolute atomic E-state index is 0.0869. The summed E-state index contributed by atoms with van der Waals surface area (Å²) < 4.78 is 0. The maximum atomic E-state index is 11.4. The van der Waals surface area contributed by atoms with E-state index in [0.29, 0.717) is 46.3 Å². The van der Waals surface area contributed by atoms with Crippen LogP contribution in [0.1, 0.15) is 85.0 Å². The molecule has 5 saturated carbocycles. The normalized spacial score (nSPS) is 56.3. The minimum atomic E-state index is -0.584. The van der Waals surface area contributed by atoms with Gasteiger partial charge in [0.25, 0.3) is 0 Å². The Morgan fingerprint density at radius 1 is 0.964 bits per heavy atom. The Morgan fingerprint density at radius 3 is 2.43 bits per heavy atom. The van der Waals surface area contributed by atoms with Crippen molar-refractivity contribution in [3.05, 3.63) is 0 Å². The molecule has 0 aromatic carbocycles. The number of hydrogen-bond acceptors (Lipinski definition) is 2. The van der Waals surface area contributed by atoms with Crippen molar-refractivity contribution in [2.75, 3.05) is 0 Å². The van der Waals surface area contributed by atoms with Crippen molar-refractivity contribution in [2.24, 2.45) is 58.2 Å². The van der Waals surface area contributed by atoms with Gasteiger partial charge in [-0.15, -0.1) is 0 Å². The van der Waals surface area contributed by atoms with E-state index in [2.05, 4.69) is 20.8 Å². The summed E-state index contributed by atoms with van der Waals surface area (Å²) in [5, 5.41) is 20.7. The second-order valence-electron chi connectivity index (χ2n) is 12.0. The molecule has 5 rings (SSSR count). The Kier molecular flexibility index (Phi) is 4.48. The molecule has 0 aromatic heterocycles. The van der Waals surface area contributed by atoms with E-state index in [0.717, 1.165) is 18.8 Å². The molecule has 28 heavy (non-hydrogen) atoms. The first kappa shape index (κ1) is 19.4. The molecular weight excluding hydrogens is 348 g/mol. The molecule has 0 aliphatic heterocycles. The van der Waals surface area contributed by atoms with E-state index >= 15 is 0 Å². The molecule has 11 atom stereocenters. The van der Waals surface area contributed by atoms with Crippen LogP contribution in [0.4, 0.5) is 0 Å². The van der Waals surface area contributed by atoms with Crippen LogP contribution in [-0.4, -0.2) is 22.3 Å². The molecule has 5 aliphatic carbocycles. The van der Waals surface area contributed by atoms with E-state index in [9.17, 15) is 15.0 Å². The number of fused-ring (bicyclic) bond motifs is 5. The van der Waals surface area contributed by atoms with E-state index in [4.69, 9.17) is 0 Å². The lowest BCUT2D eigenvalue weighted by atomic mass is 9.44. The molecule has 0 spiro atoms. The van der Waals surface area contributed by atoms with Crippen LogP contribution < -0.4 is 0 Å². The predicted octanol–water partition coefficient (Wildman–Crippen LogP) is 5.36. The Hall–Kier alpha value is -0.570. The van der Waals surface area contributed by atoms with Crippen LogP contribution in [0.2, 0.25) is 0 Å². The van der Waals surface area contributed by atoms with Gasteiger partial charge in [-0.2, -0.15) is 0 Å². The van der Waals surface area contributed by atoms with E-state index < -0.39 is 5.97 Å². The van der Waals surface area contributed by atoms with Crippen LogP contribution in [0.3, 0.4) is 0 Å². The fourth-order valence-electron chi connectivity index (χ4n) is 9.54. The van der Waals surface area contributed by atoms with Crippen LogP contribution in [0, 0.1) is 58.2 Å². The Labute approximate surface area is 170 Å². The summed E-state index contributed by atoms with van der Waals surface area (Å²) in [7, 11) is 0. The molecular formula is C25H40O3. The highest BCUT2D eigenvalue weighted by Gasteiger charge is 2.63. The van der Waals surface area contributed by atoms with Crippen molar-refractivity contribution in [1.29, 1.82) is 0 Å². The van der Waals surface area contributed by atoms with E-state index in [1.165, 1.54) is 51.4 Å². The monoisotopic (exact) mass is 388 g/mol. The van der Waals surface area contributed by atoms with Gasteiger partial charge in [0.2, 0.25) is 0 Å². The van der Waals surface area contributed by atoms with Crippen LogP contribution in [-0.2, 0) is 4.79 Å². The lowest BCUT2D eigenvalue weighted by Gasteiger charge is -2.62. The number of aliphatic carboxylic acids is 1. The average Bonchev–Trinajstić information content (AvgIpc) is 3.38. The summed E-state index contributed by atoms with van der Waals surface area (Å²) in [6, 6.07) is 0. The number of carboxylic acid groups (broad SMARTS) is 1. The number of carboxylic acids is 1. The van der Waals surface area contributed by atoms with Crippen molar-refractivity contribution in [2.45, 2.75) is 91.1 Å². The summed E-state index contributed by atoms with van der Waals surface area (Å²) in [5.74, 6) is 3.48. The molecule has 2 N–H and O–H groups in total. The molecule has 0 aromatic rings. The van der Waals surface area contributed by atoms with Crippen molar-refractivity contribution < 1.29 is 15.0 Å². The second kappa shape index (κ2) is 6.46. The lowest BCUT2D eigenvalue weighted by Crippen LogP contribution is -2.57. The largest absolute Gasteiger partial charge is 0.481 e. The average molecular weight is 389 g/mol. The fraction of sp³-hybridized carbons (Fsp3) is 0.960. The highest BCUT2D eigenvalue weighted by atomic mass is 16.4. The first-order chi connectivity index (χ1) is 13.3. The Morgan fingerprint density at radius 2 is 1.71 bits per heavy atom. The van der Waals surface area contributed by atoms with Crippen LogP contribution in [0.5, 0.6) is 0 Å². The standard InChI is InChI=1S/C25H40O3/c1-14(16-13-17(16)23(27)28)18-7-8-19-22-20(9-11-25(18,19)3)24(2)10-5-4-6-15(24)12-21(22)26/h14-22,26H,4-13H2,1-3H3,(H,27,28). The third-order valence-corrected chi connectivity index (χ3v) is 11.1. The molecule has 0 heterocycles. The second-order valence-corrected chi connectivity index (χ2v) is 12.0. The molecule has 5 fully saturated rings. The molecule has 0 radical (unpaired) electrons. The fourth-order valence-corrected chi connectivity index (χ4v) is 9.54. The van der Waals surface area contributed by atoms with Crippen molar-refractivity contribution in [3.8, 4) is 0 Å². The van der Waals surface area contributed by atoms with Crippen molar-refractivity contribution >= 4 is 5.97 Å². The van der Waals surface area contributed by atoms with Gasteiger partial charge in [-0.25, -0.2) is 0 Å². The topological polar surface area (TPSA) is 57.5 Å². The maximum Gasteiger partial charge on any atom is 0.306 e. The number of carbonyl (C=O) groups is 1. The predicted molar refractivity (Wildman–Crippen MR) is 110 cm³/mol. The quantitative estimate of drug-likeness (QED) is 0.684. The van der Waals surface area contributed by atoms with Gasteiger partial charge >= 0.3 is 5.97 Å². The summed E-state index contributed by atoms with van der Waals surface area (Å²) >= 11 is 0. The zero-order chi connectivity index (χ0) is 19.8. The van der Waals surface area contributed by atoms with Crippen LogP contribution >= 0.6 is 0 Å². The molecule has 0 amide bonds. The smallest absolute Gasteiger partial charge is 0.306 e. The summed E-state index contributed by atoms with van der Waals surface area (Å²) in [6.45, 7) is 7.43. The number of rotatable bonds is 3. The molecule has 11 unspecified atom stereocenters. The van der Waals surface area contributed by atoms with Gasteiger partial charge in [-0.1, -0.05) is 33.6 Å². The van der Waals surface area contributed by atoms with Crippen molar-refractivity contribution in [3.63, 3.8) is 0 Å². The number of aliphatic hydroxyl groups excluding tert-OH is 1. The van der Waals surface area contributed by atoms with Gasteiger partial charge in [0.05, 0.1) is 12.0 Å². The van der Waals surface area contributed by atoms with Gasteiger partial charge in [0.15, 0.2) is 0 Å². The minimum Gasteiger partial charge on any atom is -0.481 e. The Balaban J connectivity index is 1.39. The van der Waals surface area contributed by atoms with Gasteiger partial charge in [-0.05, 0) is 104 Å². The highest BCUT2D eigenvalue weighted by Crippen LogP contribution is 2.69. The molecule has 3 heteroatoms. The third-order valence-electron chi connectivity index (χ3n) is 11.1. The van der Waals surface area contributed by atoms with Crippen LogP contribution in [0.25, 0.3) is 0 Å². The molecule has 0 saturated heterocycles. The first-order valence-electron chi connectivity index (χ1n) is 12.2. The van der Waals surface area contributed by atoms with Crippen LogP contribution in [0.15, 0.2) is 0 Å². The summed E-state index contributed by atoms with van der Waals surface area (Å²) in [5.41, 5.74) is 0.767. The molecule has 5 aliphatic rings. The van der Waals surface area contributed by atoms with Gasteiger partial charge < -0.3 is 10.2 Å². The number of aliphatic hydroxyl groups is 1. The first-order valence-corrected chi connectivity index (χ1v) is 12.2. The van der Waals surface area contributed by atoms with E-state index in [1.54, 1.807) is 0 Å². The summed E-state index contributed by atoms with van der Waals surface area (Å²) in [4.78, 5) is 11.4. The number of hydrogen-bond donors (Lipinski definition) is 2. The zero-order valence-corrected chi connectivity index (χ0v) is 18.1. The lowest BCUT2D eigenvalue weighted by molar-refractivity contribution is -0.165. The molecule has 0 bridgehead atoms. The third kappa shape index (κ3) is 2.60. The Bertz CT molecular complexity index is 646. The SMILES string of the molecule is CC(C1CC1C(=O)O)C1CCC2C3C(O)CC4CCCCC4(C)C3CCC12C. The molecule has 158 valence electrons. The van der Waals surface area contributed by atoms with Gasteiger partial charge in [0.1, 0.15) is 0 Å². The summed E-state index contributed by atoms with van der Waals surface area (Å²) in [6.07, 6.45) is 12.4. The highest BCUT2D eigenvalue weighted by molar-refractivity contribution is 5.73. The van der Waals surface area contributed by atoms with Gasteiger partial charge in [0, 0.05) is 0 Å². The zero-order valence-electron chi connectivity index (χ0n) is 18.1. The van der Waals surface area contributed by atoms with E-state index in [-0.39, 0.29) is 12.0 Å². The van der Waals surface area contributed by atoms with Crippen molar-refractivity contribution in [1.82, 2.24) is 0 Å². The molecule has 3 nitrogen and oxygen atoms in total. The van der Waals surface area contributed by atoms with Gasteiger partial charge in [-0.3, -0.25) is 4.79 Å². The van der Waals surface area contributed by atoms with E-state index in [1.807, 2.05) is 0 Å².